The number of aryl methyl sites for hydroxylation is 1. The van der Waals surface area contributed by atoms with Gasteiger partial charge in [0.15, 0.2) is 5.82 Å². The molecular weight excluding hydrogens is 203 g/mol. The Morgan fingerprint density at radius 1 is 1.60 bits per heavy atom. The second-order valence-corrected chi connectivity index (χ2v) is 3.86. The summed E-state index contributed by atoms with van der Waals surface area (Å²) in [5.74, 6) is -0.766. The van der Waals surface area contributed by atoms with Crippen LogP contribution in [0.1, 0.15) is 26.1 Å². The number of hydrogen-bond donors (Lipinski definition) is 1. The number of tetrazole rings is 1. The summed E-state index contributed by atoms with van der Waals surface area (Å²) in [6.45, 7) is 3.18. The molecule has 84 valence electrons. The predicted molar refractivity (Wildman–Crippen MR) is 49.0 cm³/mol. The summed E-state index contributed by atoms with van der Waals surface area (Å²) in [6.07, 6.45) is -0.00955. The Hall–Kier alpha value is -1.53. The molecule has 0 aromatic carbocycles. The van der Waals surface area contributed by atoms with Crippen LogP contribution in [-0.4, -0.2) is 37.0 Å². The fraction of sp³-hybridized carbons (Fsp3) is 0.750. The molecule has 0 amide bonds. The van der Waals surface area contributed by atoms with E-state index in [4.69, 9.17) is 5.11 Å². The van der Waals surface area contributed by atoms with Gasteiger partial charge in [0.05, 0.1) is 0 Å². The van der Waals surface area contributed by atoms with Crippen LogP contribution in [0.15, 0.2) is 0 Å². The molecule has 0 spiro atoms. The Morgan fingerprint density at radius 2 is 2.27 bits per heavy atom. The van der Waals surface area contributed by atoms with Crippen LogP contribution in [0.4, 0.5) is 4.39 Å². The Balaban J connectivity index is 2.61. The molecule has 1 aromatic rings. The molecule has 7 heteroatoms. The first-order valence-electron chi connectivity index (χ1n) is 4.54. The Kier molecular flexibility index (Phi) is 3.33. The first-order valence-corrected chi connectivity index (χ1v) is 4.54. The average Bonchev–Trinajstić information content (AvgIpc) is 2.46. The van der Waals surface area contributed by atoms with E-state index in [1.807, 2.05) is 0 Å². The van der Waals surface area contributed by atoms with Crippen molar-refractivity contribution < 1.29 is 14.3 Å². The fourth-order valence-electron chi connectivity index (χ4n) is 1.03. The highest BCUT2D eigenvalue weighted by atomic mass is 19.1. The smallest absolute Gasteiger partial charge is 0.311 e. The summed E-state index contributed by atoms with van der Waals surface area (Å²) in [5, 5.41) is 19.1. The molecule has 0 aliphatic heterocycles. The molecule has 0 radical (unpaired) electrons. The Bertz CT molecular complexity index is 345. The molecule has 1 heterocycles. The lowest BCUT2D eigenvalue weighted by Gasteiger charge is -2.13. The highest BCUT2D eigenvalue weighted by Gasteiger charge is 2.17. The van der Waals surface area contributed by atoms with E-state index in [9.17, 15) is 9.18 Å². The van der Waals surface area contributed by atoms with Gasteiger partial charge in [0.25, 0.3) is 0 Å². The van der Waals surface area contributed by atoms with Crippen LogP contribution in [0.2, 0.25) is 0 Å². The predicted octanol–water partition coefficient (Wildman–Crippen LogP) is 0.438. The topological polar surface area (TPSA) is 80.9 Å². The van der Waals surface area contributed by atoms with Crippen molar-refractivity contribution >= 4 is 5.97 Å². The first kappa shape index (κ1) is 11.5. The number of carboxylic acid groups (broad SMARTS) is 1. The first-order chi connectivity index (χ1) is 6.88. The molecule has 1 rings (SSSR count). The quantitative estimate of drug-likeness (QED) is 0.772. The fourth-order valence-corrected chi connectivity index (χ4v) is 1.03. The third-order valence-electron chi connectivity index (χ3n) is 1.83. The molecule has 0 aliphatic rings. The van der Waals surface area contributed by atoms with Crippen molar-refractivity contribution in [2.24, 2.45) is 0 Å². The van der Waals surface area contributed by atoms with E-state index >= 15 is 0 Å². The van der Waals surface area contributed by atoms with Crippen LogP contribution < -0.4 is 0 Å². The zero-order chi connectivity index (χ0) is 11.5. The van der Waals surface area contributed by atoms with E-state index < -0.39 is 11.6 Å². The van der Waals surface area contributed by atoms with Crippen molar-refractivity contribution in [3.8, 4) is 0 Å². The lowest BCUT2D eigenvalue weighted by molar-refractivity contribution is -0.136. The SMILES string of the molecule is CC(C)(F)CCn1nnnc1CC(=O)O. The maximum absolute atomic E-state index is 13.2. The van der Waals surface area contributed by atoms with E-state index in [1.54, 1.807) is 0 Å². The van der Waals surface area contributed by atoms with Gasteiger partial charge in [0, 0.05) is 13.0 Å². The zero-order valence-electron chi connectivity index (χ0n) is 8.64. The maximum Gasteiger partial charge on any atom is 0.311 e. The Morgan fingerprint density at radius 3 is 2.80 bits per heavy atom. The van der Waals surface area contributed by atoms with Gasteiger partial charge in [-0.25, -0.2) is 9.07 Å². The molecule has 1 aromatic heterocycles. The van der Waals surface area contributed by atoms with Gasteiger partial charge < -0.3 is 5.11 Å². The number of halogens is 1. The summed E-state index contributed by atoms with van der Waals surface area (Å²) in [7, 11) is 0. The highest BCUT2D eigenvalue weighted by Crippen LogP contribution is 2.14. The van der Waals surface area contributed by atoms with Crippen molar-refractivity contribution in [2.75, 3.05) is 0 Å². The zero-order valence-corrected chi connectivity index (χ0v) is 8.64. The summed E-state index contributed by atoms with van der Waals surface area (Å²) in [6, 6.07) is 0. The molecule has 0 fully saturated rings. The number of aliphatic carboxylic acids is 1. The highest BCUT2D eigenvalue weighted by molar-refractivity contribution is 5.68. The van der Waals surface area contributed by atoms with Gasteiger partial charge in [0.2, 0.25) is 0 Å². The van der Waals surface area contributed by atoms with Gasteiger partial charge in [-0.15, -0.1) is 5.10 Å². The molecule has 0 atom stereocenters. The van der Waals surface area contributed by atoms with Crippen molar-refractivity contribution in [2.45, 2.75) is 38.9 Å². The maximum atomic E-state index is 13.2. The van der Waals surface area contributed by atoms with E-state index in [0.717, 1.165) is 0 Å². The lowest BCUT2D eigenvalue weighted by atomic mass is 10.1. The molecule has 0 aliphatic carbocycles. The monoisotopic (exact) mass is 216 g/mol. The molecule has 0 saturated heterocycles. The lowest BCUT2D eigenvalue weighted by Crippen LogP contribution is -2.18. The van der Waals surface area contributed by atoms with E-state index in [1.165, 1.54) is 18.5 Å². The number of aromatic nitrogens is 4. The second-order valence-electron chi connectivity index (χ2n) is 3.86. The number of alkyl halides is 1. The van der Waals surface area contributed by atoms with Gasteiger partial charge in [-0.2, -0.15) is 0 Å². The van der Waals surface area contributed by atoms with E-state index in [0.29, 0.717) is 0 Å². The van der Waals surface area contributed by atoms with Crippen LogP contribution in [0.3, 0.4) is 0 Å². The third-order valence-corrected chi connectivity index (χ3v) is 1.83. The molecule has 0 bridgehead atoms. The standard InChI is InChI=1S/C8H13FN4O2/c1-8(2,9)3-4-13-6(5-7(14)15)10-11-12-13/h3-5H2,1-2H3,(H,14,15). The molecule has 15 heavy (non-hydrogen) atoms. The molecule has 1 N–H and O–H groups in total. The van der Waals surface area contributed by atoms with Crippen LogP contribution in [-0.2, 0) is 17.8 Å². The number of carbonyl (C=O) groups is 1. The normalized spacial score (nSPS) is 11.7. The largest absolute Gasteiger partial charge is 0.481 e. The summed E-state index contributed by atoms with van der Waals surface area (Å²) < 4.78 is 14.5. The minimum atomic E-state index is -1.31. The number of rotatable bonds is 5. The minimum Gasteiger partial charge on any atom is -0.481 e. The summed E-state index contributed by atoms with van der Waals surface area (Å²) in [5.41, 5.74) is -1.31. The third kappa shape index (κ3) is 4.01. The minimum absolute atomic E-state index is 0.241. The van der Waals surface area contributed by atoms with Crippen molar-refractivity contribution in [1.29, 1.82) is 0 Å². The van der Waals surface area contributed by atoms with Crippen LogP contribution >= 0.6 is 0 Å². The van der Waals surface area contributed by atoms with Crippen molar-refractivity contribution in [1.82, 2.24) is 20.2 Å². The number of nitrogens with zero attached hydrogens (tertiary/aromatic N) is 4. The Labute approximate surface area is 86.1 Å². The van der Waals surface area contributed by atoms with Gasteiger partial charge in [0.1, 0.15) is 12.1 Å². The summed E-state index contributed by atoms with van der Waals surface area (Å²) in [4.78, 5) is 10.4. The van der Waals surface area contributed by atoms with Gasteiger partial charge >= 0.3 is 5.97 Å². The van der Waals surface area contributed by atoms with Crippen molar-refractivity contribution in [3.05, 3.63) is 5.82 Å². The van der Waals surface area contributed by atoms with Gasteiger partial charge in [-0.05, 0) is 24.3 Å². The van der Waals surface area contributed by atoms with E-state index in [-0.39, 0.29) is 25.2 Å². The van der Waals surface area contributed by atoms with Crippen LogP contribution in [0, 0.1) is 0 Å². The molecule has 0 unspecified atom stereocenters. The summed E-state index contributed by atoms with van der Waals surface area (Å²) >= 11 is 0. The van der Waals surface area contributed by atoms with Crippen LogP contribution in [0.25, 0.3) is 0 Å². The van der Waals surface area contributed by atoms with Gasteiger partial charge in [-0.1, -0.05) is 0 Å². The van der Waals surface area contributed by atoms with Crippen molar-refractivity contribution in [3.63, 3.8) is 0 Å². The van der Waals surface area contributed by atoms with Gasteiger partial charge in [-0.3, -0.25) is 4.79 Å². The number of hydrogen-bond acceptors (Lipinski definition) is 4. The van der Waals surface area contributed by atoms with Crippen LogP contribution in [0.5, 0.6) is 0 Å². The molecule has 0 saturated carbocycles. The second kappa shape index (κ2) is 4.33. The average molecular weight is 216 g/mol. The number of carboxylic acids is 1. The van der Waals surface area contributed by atoms with E-state index in [2.05, 4.69) is 15.5 Å². The molecular formula is C8H13FN4O2. The molecule has 6 nitrogen and oxygen atoms in total.